The number of nitrogens with zero attached hydrogens (tertiary/aromatic N) is 1. The molecule has 0 N–H and O–H groups in total. The molecule has 2 aromatic carbocycles. The fraction of sp³-hybridized carbons (Fsp3) is 0.333. The summed E-state index contributed by atoms with van der Waals surface area (Å²) in [5.74, 6) is 1.72. The van der Waals surface area contributed by atoms with Gasteiger partial charge in [0.1, 0.15) is 28.9 Å². The number of ether oxygens (including phenoxy) is 4. The van der Waals surface area contributed by atoms with Crippen molar-refractivity contribution < 1.29 is 23.7 Å². The number of benzene rings is 2. The van der Waals surface area contributed by atoms with Gasteiger partial charge in [0.05, 0.1) is 17.0 Å². The van der Waals surface area contributed by atoms with Gasteiger partial charge in [-0.3, -0.25) is 4.99 Å². The molecule has 0 saturated carbocycles. The quantitative estimate of drug-likeness (QED) is 0.221. The molecule has 172 valence electrons. The molecule has 0 aromatic heterocycles. The number of hydrogen-bond acceptors (Lipinski definition) is 7. The molecular formula is C24H28BrNO5S. The van der Waals surface area contributed by atoms with Gasteiger partial charge < -0.3 is 18.9 Å². The van der Waals surface area contributed by atoms with Gasteiger partial charge in [0.2, 0.25) is 0 Å². The minimum Gasteiger partial charge on any atom is -0.491 e. The summed E-state index contributed by atoms with van der Waals surface area (Å²) in [6, 6.07) is 13.3. The van der Waals surface area contributed by atoms with Gasteiger partial charge in [-0.05, 0) is 84.2 Å². The van der Waals surface area contributed by atoms with Gasteiger partial charge in [-0.2, -0.15) is 0 Å². The van der Waals surface area contributed by atoms with Crippen molar-refractivity contribution in [2.75, 3.05) is 27.4 Å². The third kappa shape index (κ3) is 8.96. The van der Waals surface area contributed by atoms with E-state index in [4.69, 9.17) is 14.2 Å². The Morgan fingerprint density at radius 1 is 1.09 bits per heavy atom. The number of carbonyl (C=O) groups excluding carboxylic acids is 1. The summed E-state index contributed by atoms with van der Waals surface area (Å²) >= 11 is 5.09. The smallest absolute Gasteiger partial charge is 0.343 e. The van der Waals surface area contributed by atoms with Crippen molar-refractivity contribution in [3.63, 3.8) is 0 Å². The van der Waals surface area contributed by atoms with Gasteiger partial charge in [-0.15, -0.1) is 0 Å². The number of esters is 1. The van der Waals surface area contributed by atoms with Gasteiger partial charge in [-0.1, -0.05) is 23.9 Å². The van der Waals surface area contributed by atoms with E-state index in [0.29, 0.717) is 18.1 Å². The first-order valence-electron chi connectivity index (χ1n) is 10.0. The third-order valence-electron chi connectivity index (χ3n) is 4.08. The Hall–Kier alpha value is -2.45. The van der Waals surface area contributed by atoms with E-state index in [-0.39, 0.29) is 12.7 Å². The molecule has 0 heterocycles. The summed E-state index contributed by atoms with van der Waals surface area (Å²) in [7, 11) is 3.06. The number of carbonyl (C=O) groups is 1. The average molecular weight is 522 g/mol. The van der Waals surface area contributed by atoms with E-state index in [9.17, 15) is 4.79 Å². The summed E-state index contributed by atoms with van der Waals surface area (Å²) in [5.41, 5.74) is 1.91. The highest BCUT2D eigenvalue weighted by atomic mass is 79.9. The van der Waals surface area contributed by atoms with Crippen LogP contribution in [0, 0.1) is 6.92 Å². The molecule has 0 aliphatic heterocycles. The molecule has 0 atom stereocenters. The van der Waals surface area contributed by atoms with E-state index in [2.05, 4.69) is 25.7 Å². The van der Waals surface area contributed by atoms with Gasteiger partial charge in [-0.25, -0.2) is 4.79 Å². The first-order valence-corrected chi connectivity index (χ1v) is 11.6. The predicted molar refractivity (Wildman–Crippen MR) is 134 cm³/mol. The second-order valence-electron chi connectivity index (χ2n) is 6.98. The van der Waals surface area contributed by atoms with E-state index in [1.807, 2.05) is 57.2 Å². The summed E-state index contributed by atoms with van der Waals surface area (Å²) in [5, 5.41) is 0.816. The number of aryl methyl sites for hydroxylation is 1. The molecule has 0 amide bonds. The maximum Gasteiger partial charge on any atom is 0.343 e. The fourth-order valence-corrected chi connectivity index (χ4v) is 4.00. The van der Waals surface area contributed by atoms with Crippen LogP contribution in [0.15, 0.2) is 51.3 Å². The maximum absolute atomic E-state index is 11.2. The van der Waals surface area contributed by atoms with E-state index in [0.717, 1.165) is 25.7 Å². The first kappa shape index (κ1) is 25.8. The van der Waals surface area contributed by atoms with E-state index in [1.165, 1.54) is 18.9 Å². The Morgan fingerprint density at radius 3 is 2.38 bits per heavy atom. The Kier molecular flexibility index (Phi) is 10.6. The van der Waals surface area contributed by atoms with E-state index >= 15 is 0 Å². The second-order valence-corrected chi connectivity index (χ2v) is 9.48. The van der Waals surface area contributed by atoms with Crippen LogP contribution in [0.2, 0.25) is 0 Å². The minimum atomic E-state index is -0.427. The summed E-state index contributed by atoms with van der Waals surface area (Å²) in [6.07, 6.45) is 2.17. The summed E-state index contributed by atoms with van der Waals surface area (Å²) in [4.78, 5) is 15.5. The molecule has 0 spiro atoms. The van der Waals surface area contributed by atoms with Crippen LogP contribution in [0.5, 0.6) is 17.2 Å². The summed E-state index contributed by atoms with van der Waals surface area (Å²) in [6.45, 7) is 6.09. The van der Waals surface area contributed by atoms with Gasteiger partial charge >= 0.3 is 5.97 Å². The highest BCUT2D eigenvalue weighted by Gasteiger charge is 2.08. The van der Waals surface area contributed by atoms with Crippen molar-refractivity contribution in [3.05, 3.63) is 57.4 Å². The van der Waals surface area contributed by atoms with Crippen molar-refractivity contribution in [2.45, 2.75) is 26.9 Å². The lowest BCUT2D eigenvalue weighted by Crippen LogP contribution is -2.13. The number of halogens is 1. The van der Waals surface area contributed by atoms with E-state index in [1.54, 1.807) is 19.2 Å². The standard InChI is InChI=1S/C24H28BrNO5S/c1-16(2)31-19-8-6-18(7-9-19)13-22(25)32-23(26-4)14-29-20-10-11-21(17(3)12-20)30-15-24(27)28-5/h6-13,16H,14-15H2,1-5H3/b22-13+,26-23?. The molecule has 2 aromatic rings. The lowest BCUT2D eigenvalue weighted by Gasteiger charge is -2.12. The number of hydrogen-bond donors (Lipinski definition) is 0. The van der Waals surface area contributed by atoms with Crippen LogP contribution < -0.4 is 14.2 Å². The molecule has 2 rings (SSSR count). The zero-order chi connectivity index (χ0) is 23.5. The zero-order valence-corrected chi connectivity index (χ0v) is 21.3. The van der Waals surface area contributed by atoms with Crippen LogP contribution in [-0.4, -0.2) is 44.5 Å². The maximum atomic E-state index is 11.2. The molecule has 0 radical (unpaired) electrons. The Balaban J connectivity index is 1.91. The van der Waals surface area contributed by atoms with Crippen molar-refractivity contribution in [1.82, 2.24) is 0 Å². The molecule has 0 aliphatic rings. The van der Waals surface area contributed by atoms with Crippen molar-refractivity contribution >= 4 is 44.8 Å². The Morgan fingerprint density at radius 2 is 1.78 bits per heavy atom. The van der Waals surface area contributed by atoms with Crippen molar-refractivity contribution in [2.24, 2.45) is 4.99 Å². The number of thioether (sulfide) groups is 1. The van der Waals surface area contributed by atoms with Crippen LogP contribution in [-0.2, 0) is 9.53 Å². The molecule has 0 saturated heterocycles. The fourth-order valence-electron chi connectivity index (χ4n) is 2.54. The van der Waals surface area contributed by atoms with Crippen molar-refractivity contribution in [1.29, 1.82) is 0 Å². The zero-order valence-electron chi connectivity index (χ0n) is 18.9. The number of methoxy groups -OCH3 is 1. The molecule has 0 fully saturated rings. The highest BCUT2D eigenvalue weighted by Crippen LogP contribution is 2.28. The first-order chi connectivity index (χ1) is 15.3. The van der Waals surface area contributed by atoms with Gasteiger partial charge in [0.15, 0.2) is 6.61 Å². The average Bonchev–Trinajstić information content (AvgIpc) is 2.76. The van der Waals surface area contributed by atoms with Crippen LogP contribution in [0.1, 0.15) is 25.0 Å². The minimum absolute atomic E-state index is 0.130. The molecule has 32 heavy (non-hydrogen) atoms. The van der Waals surface area contributed by atoms with Gasteiger partial charge in [0, 0.05) is 7.05 Å². The monoisotopic (exact) mass is 521 g/mol. The number of aliphatic imine (C=N–C) groups is 1. The second kappa shape index (κ2) is 13.2. The molecule has 0 bridgehead atoms. The molecular weight excluding hydrogens is 494 g/mol. The van der Waals surface area contributed by atoms with E-state index < -0.39 is 5.97 Å². The summed E-state index contributed by atoms with van der Waals surface area (Å²) < 4.78 is 22.5. The number of rotatable bonds is 10. The predicted octanol–water partition coefficient (Wildman–Crippen LogP) is 5.87. The largest absolute Gasteiger partial charge is 0.491 e. The topological polar surface area (TPSA) is 66.4 Å². The molecule has 6 nitrogen and oxygen atoms in total. The normalized spacial score (nSPS) is 12.0. The van der Waals surface area contributed by atoms with Crippen molar-refractivity contribution in [3.8, 4) is 17.2 Å². The third-order valence-corrected chi connectivity index (χ3v) is 5.64. The molecule has 8 heteroatoms. The Bertz CT molecular complexity index is 957. The van der Waals surface area contributed by atoms with Crippen LogP contribution in [0.4, 0.5) is 0 Å². The lowest BCUT2D eigenvalue weighted by atomic mass is 10.2. The van der Waals surface area contributed by atoms with Gasteiger partial charge in [0.25, 0.3) is 0 Å². The Labute approximate surface area is 202 Å². The van der Waals surface area contributed by atoms with Crippen LogP contribution in [0.3, 0.4) is 0 Å². The molecule has 0 aliphatic carbocycles. The van der Waals surface area contributed by atoms with Crippen LogP contribution in [0.25, 0.3) is 6.08 Å². The van der Waals surface area contributed by atoms with Crippen LogP contribution >= 0.6 is 27.7 Å². The lowest BCUT2D eigenvalue weighted by molar-refractivity contribution is -0.142. The SMILES string of the molecule is CN=C(COc1ccc(OCC(=O)OC)c(C)c1)S/C(Br)=C/c1ccc(OC(C)C)cc1. The molecule has 0 unspecified atom stereocenters. The highest BCUT2D eigenvalue weighted by molar-refractivity contribution is 9.14.